The predicted molar refractivity (Wildman–Crippen MR) is 113 cm³/mol. The van der Waals surface area contributed by atoms with Gasteiger partial charge in [0.2, 0.25) is 5.75 Å². The smallest absolute Gasteiger partial charge is 0.270 e. The lowest BCUT2D eigenvalue weighted by Crippen LogP contribution is -2.28. The second kappa shape index (κ2) is 7.62. The van der Waals surface area contributed by atoms with Crippen LogP contribution in [0.5, 0.6) is 17.2 Å². The van der Waals surface area contributed by atoms with E-state index in [1.54, 1.807) is 23.1 Å². The van der Waals surface area contributed by atoms with Gasteiger partial charge in [-0.05, 0) is 54.8 Å². The van der Waals surface area contributed by atoms with E-state index in [1.807, 2.05) is 32.0 Å². The highest BCUT2D eigenvalue weighted by Crippen LogP contribution is 2.41. The lowest BCUT2D eigenvalue weighted by atomic mass is 10.1. The number of benzene rings is 2. The standard InChI is InChI=1S/C20H19NO4S2/c1-11-5-6-12(2)14(7-11)21-19(23)17(27-20(21)26)10-13-8-15(24-3)18(22)16(9-13)25-4/h5-10,22H,1-4H3. The maximum Gasteiger partial charge on any atom is 0.270 e. The van der Waals surface area contributed by atoms with Gasteiger partial charge >= 0.3 is 0 Å². The topological polar surface area (TPSA) is 59.0 Å². The molecule has 1 heterocycles. The number of aromatic hydroxyl groups is 1. The van der Waals surface area contributed by atoms with Crippen molar-refractivity contribution in [2.24, 2.45) is 0 Å². The van der Waals surface area contributed by atoms with Gasteiger partial charge in [-0.1, -0.05) is 36.1 Å². The molecule has 3 rings (SSSR count). The van der Waals surface area contributed by atoms with Crippen LogP contribution in [0.4, 0.5) is 5.69 Å². The molecule has 140 valence electrons. The molecule has 0 saturated carbocycles. The molecule has 0 atom stereocenters. The third-order valence-electron chi connectivity index (χ3n) is 4.20. The molecular weight excluding hydrogens is 382 g/mol. The summed E-state index contributed by atoms with van der Waals surface area (Å²) < 4.78 is 10.8. The van der Waals surface area contributed by atoms with Crippen molar-refractivity contribution in [1.29, 1.82) is 0 Å². The molecule has 1 aliphatic heterocycles. The fraction of sp³-hybridized carbons (Fsp3) is 0.200. The van der Waals surface area contributed by atoms with Crippen molar-refractivity contribution in [3.63, 3.8) is 0 Å². The van der Waals surface area contributed by atoms with Crippen LogP contribution in [0, 0.1) is 13.8 Å². The Hall–Kier alpha value is -2.51. The fourth-order valence-electron chi connectivity index (χ4n) is 2.78. The van der Waals surface area contributed by atoms with Gasteiger partial charge in [0.1, 0.15) is 0 Å². The van der Waals surface area contributed by atoms with Crippen LogP contribution in [0.25, 0.3) is 6.08 Å². The molecule has 0 bridgehead atoms. The number of phenols is 1. The zero-order valence-corrected chi connectivity index (χ0v) is 17.0. The van der Waals surface area contributed by atoms with Crippen LogP contribution in [0.1, 0.15) is 16.7 Å². The van der Waals surface area contributed by atoms with Crippen LogP contribution in [0.3, 0.4) is 0 Å². The molecule has 0 aliphatic carbocycles. The van der Waals surface area contributed by atoms with Crippen molar-refractivity contribution in [3.8, 4) is 17.2 Å². The monoisotopic (exact) mass is 401 g/mol. The van der Waals surface area contributed by atoms with Crippen LogP contribution in [0.2, 0.25) is 0 Å². The minimum absolute atomic E-state index is 0.0833. The summed E-state index contributed by atoms with van der Waals surface area (Å²) in [6.45, 7) is 3.93. The van der Waals surface area contributed by atoms with E-state index < -0.39 is 0 Å². The normalized spacial score (nSPS) is 15.6. The summed E-state index contributed by atoms with van der Waals surface area (Å²) in [7, 11) is 2.91. The molecule has 0 unspecified atom stereocenters. The van der Waals surface area contributed by atoms with Gasteiger partial charge in [0.05, 0.1) is 24.8 Å². The van der Waals surface area contributed by atoms with Crippen molar-refractivity contribution in [2.45, 2.75) is 13.8 Å². The SMILES string of the molecule is COc1cc(C=C2SC(=S)N(c3cc(C)ccc3C)C2=O)cc(OC)c1O. The van der Waals surface area contributed by atoms with E-state index in [-0.39, 0.29) is 23.2 Å². The van der Waals surface area contributed by atoms with Crippen LogP contribution >= 0.6 is 24.0 Å². The Morgan fingerprint density at radius 2 is 1.74 bits per heavy atom. The van der Waals surface area contributed by atoms with Gasteiger partial charge in [-0.3, -0.25) is 9.69 Å². The van der Waals surface area contributed by atoms with E-state index in [0.29, 0.717) is 14.8 Å². The summed E-state index contributed by atoms with van der Waals surface area (Å²) in [5.74, 6) is 0.279. The molecular formula is C20H19NO4S2. The third-order valence-corrected chi connectivity index (χ3v) is 5.50. The molecule has 27 heavy (non-hydrogen) atoms. The van der Waals surface area contributed by atoms with Gasteiger partial charge in [0.25, 0.3) is 5.91 Å². The highest BCUT2D eigenvalue weighted by atomic mass is 32.2. The van der Waals surface area contributed by atoms with E-state index in [1.165, 1.54) is 26.0 Å². The average Bonchev–Trinajstić information content (AvgIpc) is 2.91. The number of hydrogen-bond acceptors (Lipinski definition) is 6. The highest BCUT2D eigenvalue weighted by Gasteiger charge is 2.34. The first-order valence-electron chi connectivity index (χ1n) is 8.16. The second-order valence-electron chi connectivity index (χ2n) is 6.08. The number of ether oxygens (including phenoxy) is 2. The maximum atomic E-state index is 13.0. The molecule has 2 aromatic rings. The Balaban J connectivity index is 2.01. The second-order valence-corrected chi connectivity index (χ2v) is 7.76. The fourth-order valence-corrected chi connectivity index (χ4v) is 4.07. The van der Waals surface area contributed by atoms with Crippen LogP contribution in [-0.4, -0.2) is 29.6 Å². The predicted octanol–water partition coefficient (Wildman–Crippen LogP) is 4.43. The zero-order valence-electron chi connectivity index (χ0n) is 15.4. The van der Waals surface area contributed by atoms with E-state index >= 15 is 0 Å². The molecule has 0 aromatic heterocycles. The number of carbonyl (C=O) groups is 1. The van der Waals surface area contributed by atoms with Gasteiger partial charge < -0.3 is 14.6 Å². The summed E-state index contributed by atoms with van der Waals surface area (Å²) in [5, 5.41) is 10.0. The average molecular weight is 402 g/mol. The van der Waals surface area contributed by atoms with Gasteiger partial charge in [-0.25, -0.2) is 0 Å². The van der Waals surface area contributed by atoms with E-state index in [9.17, 15) is 9.90 Å². The summed E-state index contributed by atoms with van der Waals surface area (Å²) in [5.41, 5.74) is 3.50. The van der Waals surface area contributed by atoms with Crippen molar-refractivity contribution < 1.29 is 19.4 Å². The van der Waals surface area contributed by atoms with Gasteiger partial charge in [0, 0.05) is 0 Å². The van der Waals surface area contributed by atoms with Gasteiger partial charge in [0.15, 0.2) is 15.8 Å². The summed E-state index contributed by atoms with van der Waals surface area (Å²) in [6.07, 6.45) is 1.72. The lowest BCUT2D eigenvalue weighted by Gasteiger charge is -2.17. The van der Waals surface area contributed by atoms with Crippen molar-refractivity contribution in [1.82, 2.24) is 0 Å². The van der Waals surface area contributed by atoms with Crippen LogP contribution in [0.15, 0.2) is 35.2 Å². The summed E-state index contributed by atoms with van der Waals surface area (Å²) in [6, 6.07) is 9.21. The first-order valence-corrected chi connectivity index (χ1v) is 9.38. The van der Waals surface area contributed by atoms with Gasteiger partial charge in [-0.15, -0.1) is 0 Å². The summed E-state index contributed by atoms with van der Waals surface area (Å²) in [4.78, 5) is 15.1. The Bertz CT molecular complexity index is 943. The molecule has 5 nitrogen and oxygen atoms in total. The lowest BCUT2D eigenvalue weighted by molar-refractivity contribution is -0.113. The van der Waals surface area contributed by atoms with Crippen LogP contribution < -0.4 is 14.4 Å². The van der Waals surface area contributed by atoms with E-state index in [2.05, 4.69) is 0 Å². The number of hydrogen-bond donors (Lipinski definition) is 1. The Labute approximate surface area is 167 Å². The number of anilines is 1. The highest BCUT2D eigenvalue weighted by molar-refractivity contribution is 8.27. The molecule has 0 spiro atoms. The van der Waals surface area contributed by atoms with E-state index in [0.717, 1.165) is 16.8 Å². The number of methoxy groups -OCH3 is 2. The van der Waals surface area contributed by atoms with Crippen LogP contribution in [-0.2, 0) is 4.79 Å². The minimum atomic E-state index is -0.176. The number of amides is 1. The molecule has 1 aliphatic rings. The molecule has 2 aromatic carbocycles. The van der Waals surface area contributed by atoms with Gasteiger partial charge in [-0.2, -0.15) is 0 Å². The Morgan fingerprint density at radius 1 is 1.11 bits per heavy atom. The Kier molecular flexibility index (Phi) is 5.43. The number of nitrogens with zero attached hydrogens (tertiary/aromatic N) is 1. The number of phenolic OH excluding ortho intramolecular Hbond substituents is 1. The molecule has 1 fully saturated rings. The number of thiocarbonyl (C=S) groups is 1. The number of carbonyl (C=O) groups excluding carboxylic acids is 1. The first kappa shape index (κ1) is 19.3. The zero-order chi connectivity index (χ0) is 19.7. The molecule has 1 saturated heterocycles. The summed E-state index contributed by atoms with van der Waals surface area (Å²) >= 11 is 6.69. The quantitative estimate of drug-likeness (QED) is 0.604. The van der Waals surface area contributed by atoms with Crippen molar-refractivity contribution in [2.75, 3.05) is 19.1 Å². The molecule has 7 heteroatoms. The van der Waals surface area contributed by atoms with E-state index in [4.69, 9.17) is 21.7 Å². The number of thioether (sulfide) groups is 1. The number of aryl methyl sites for hydroxylation is 2. The molecule has 1 amide bonds. The van der Waals surface area contributed by atoms with Crippen molar-refractivity contribution >= 4 is 46.0 Å². The Morgan fingerprint density at radius 3 is 2.33 bits per heavy atom. The minimum Gasteiger partial charge on any atom is -0.502 e. The van der Waals surface area contributed by atoms with Crippen molar-refractivity contribution in [3.05, 3.63) is 51.9 Å². The number of rotatable bonds is 4. The molecule has 1 N–H and O–H groups in total. The first-order chi connectivity index (χ1) is 12.8. The maximum absolute atomic E-state index is 13.0. The molecule has 0 radical (unpaired) electrons. The third kappa shape index (κ3) is 3.65. The largest absolute Gasteiger partial charge is 0.502 e.